The quantitative estimate of drug-likeness (QED) is 0.743. The maximum atomic E-state index is 11.9. The average Bonchev–Trinajstić information content (AvgIpc) is 2.87. The van der Waals surface area contributed by atoms with Gasteiger partial charge >= 0.3 is 5.97 Å². The van der Waals surface area contributed by atoms with Gasteiger partial charge in [-0.25, -0.2) is 0 Å². The molecule has 154 valence electrons. The fourth-order valence-corrected chi connectivity index (χ4v) is 7.01. The maximum Gasteiger partial charge on any atom is 0.303 e. The molecular weight excluding hydrogens is 344 g/mol. The van der Waals surface area contributed by atoms with E-state index in [1.54, 1.807) is 0 Å². The molecule has 4 aliphatic rings. The van der Waals surface area contributed by atoms with Gasteiger partial charge in [-0.15, -0.1) is 0 Å². The van der Waals surface area contributed by atoms with Crippen molar-refractivity contribution in [3.8, 4) is 0 Å². The maximum absolute atomic E-state index is 11.9. The van der Waals surface area contributed by atoms with Gasteiger partial charge < -0.3 is 19.3 Å². The van der Waals surface area contributed by atoms with Crippen LogP contribution in [0.25, 0.3) is 0 Å². The first-order chi connectivity index (χ1) is 12.5. The first-order valence-corrected chi connectivity index (χ1v) is 10.7. The molecule has 9 atom stereocenters. The molecule has 4 fully saturated rings. The molecule has 0 radical (unpaired) electrons. The van der Waals surface area contributed by atoms with Crippen molar-refractivity contribution < 1.29 is 24.1 Å². The lowest BCUT2D eigenvalue weighted by Gasteiger charge is -2.55. The second kappa shape index (κ2) is 6.17. The second-order valence-electron chi connectivity index (χ2n) is 10.5. The SMILES string of the molecule is CC(=O)O[C@@]1(C)CC[C@H](C(C)C)[C@@H]2[C@H]1[C@H]1C[C@]3(C)O[C@@](C)(CC[C@H]3O)[C@@H]2O1. The number of fused-ring (bicyclic) bond motifs is 8. The number of ether oxygens (including phenoxy) is 3. The van der Waals surface area contributed by atoms with Gasteiger partial charge in [0.05, 0.1) is 29.5 Å². The Morgan fingerprint density at radius 1 is 1.15 bits per heavy atom. The van der Waals surface area contributed by atoms with Crippen LogP contribution < -0.4 is 0 Å². The van der Waals surface area contributed by atoms with E-state index >= 15 is 0 Å². The lowest BCUT2D eigenvalue weighted by Crippen LogP contribution is -2.63. The summed E-state index contributed by atoms with van der Waals surface area (Å²) >= 11 is 0. The smallest absolute Gasteiger partial charge is 0.303 e. The number of rotatable bonds is 2. The molecule has 0 aromatic rings. The van der Waals surface area contributed by atoms with E-state index in [9.17, 15) is 9.90 Å². The van der Waals surface area contributed by atoms with Gasteiger partial charge in [0.2, 0.25) is 0 Å². The van der Waals surface area contributed by atoms with E-state index in [2.05, 4.69) is 27.7 Å². The molecule has 1 saturated carbocycles. The number of carbonyl (C=O) groups is 1. The standard InChI is InChI=1S/C22H36O5/c1-12(2)14-7-9-20(4,26-13(3)23)18-15-11-22(6)16(24)8-10-21(5,27-22)19(25-15)17(14)18/h12,14-19,24H,7-11H2,1-6H3/t14-,15-,16-,17-,18-,19-,20+,21+,22+/m1/s1. The molecule has 5 nitrogen and oxygen atoms in total. The normalized spacial score (nSPS) is 54.4. The van der Waals surface area contributed by atoms with Crippen LogP contribution in [0.5, 0.6) is 0 Å². The zero-order valence-corrected chi connectivity index (χ0v) is 17.7. The topological polar surface area (TPSA) is 65.0 Å². The lowest BCUT2D eigenvalue weighted by atomic mass is 9.56. The molecule has 1 aliphatic carbocycles. The molecule has 3 aliphatic heterocycles. The Balaban J connectivity index is 1.79. The van der Waals surface area contributed by atoms with E-state index in [0.717, 1.165) is 25.7 Å². The molecular formula is C22H36O5. The number of hydrogen-bond acceptors (Lipinski definition) is 5. The summed E-state index contributed by atoms with van der Waals surface area (Å²) in [7, 11) is 0. The van der Waals surface area contributed by atoms with Crippen molar-refractivity contribution in [1.29, 1.82) is 0 Å². The third kappa shape index (κ3) is 2.87. The van der Waals surface area contributed by atoms with Crippen LogP contribution in [0.15, 0.2) is 0 Å². The molecule has 0 aromatic heterocycles. The average molecular weight is 381 g/mol. The fraction of sp³-hybridized carbons (Fsp3) is 0.955. The Bertz CT molecular complexity index is 620. The minimum atomic E-state index is -0.598. The van der Waals surface area contributed by atoms with Crippen LogP contribution in [0.4, 0.5) is 0 Å². The number of aliphatic hydroxyl groups is 1. The highest BCUT2D eigenvalue weighted by atomic mass is 16.6. The Kier molecular flexibility index (Phi) is 4.49. The molecule has 4 bridgehead atoms. The van der Waals surface area contributed by atoms with Crippen LogP contribution in [0.2, 0.25) is 0 Å². The van der Waals surface area contributed by atoms with E-state index in [1.807, 2.05) is 6.92 Å². The highest BCUT2D eigenvalue weighted by Gasteiger charge is 2.68. The van der Waals surface area contributed by atoms with E-state index in [-0.39, 0.29) is 24.1 Å². The van der Waals surface area contributed by atoms with Crippen LogP contribution in [0.3, 0.4) is 0 Å². The molecule has 1 N–H and O–H groups in total. The molecule has 3 heterocycles. The van der Waals surface area contributed by atoms with Gasteiger partial charge in [-0.3, -0.25) is 4.79 Å². The van der Waals surface area contributed by atoms with E-state index in [1.165, 1.54) is 6.92 Å². The Labute approximate surface area is 163 Å². The Hall–Kier alpha value is -0.650. The van der Waals surface area contributed by atoms with Crippen LogP contribution in [0.1, 0.15) is 73.6 Å². The van der Waals surface area contributed by atoms with E-state index in [4.69, 9.17) is 14.2 Å². The highest BCUT2D eigenvalue weighted by Crippen LogP contribution is 2.61. The van der Waals surface area contributed by atoms with E-state index < -0.39 is 22.9 Å². The molecule has 27 heavy (non-hydrogen) atoms. The van der Waals surface area contributed by atoms with Crippen molar-refractivity contribution in [3.63, 3.8) is 0 Å². The minimum Gasteiger partial charge on any atom is -0.459 e. The van der Waals surface area contributed by atoms with Gasteiger partial charge in [0.15, 0.2) is 0 Å². The first kappa shape index (κ1) is 19.7. The first-order valence-electron chi connectivity index (χ1n) is 10.7. The summed E-state index contributed by atoms with van der Waals surface area (Å²) in [5.74, 6) is 1.34. The number of esters is 1. The fourth-order valence-electron chi connectivity index (χ4n) is 7.01. The largest absolute Gasteiger partial charge is 0.459 e. The monoisotopic (exact) mass is 380 g/mol. The van der Waals surface area contributed by atoms with Gasteiger partial charge in [0.1, 0.15) is 5.60 Å². The Morgan fingerprint density at radius 3 is 2.48 bits per heavy atom. The summed E-state index contributed by atoms with van der Waals surface area (Å²) in [5.41, 5.74) is -1.51. The summed E-state index contributed by atoms with van der Waals surface area (Å²) in [6.45, 7) is 12.4. The molecule has 0 unspecified atom stereocenters. The van der Waals surface area contributed by atoms with Gasteiger partial charge in [-0.05, 0) is 58.3 Å². The van der Waals surface area contributed by atoms with Crippen molar-refractivity contribution in [2.75, 3.05) is 0 Å². The molecule has 0 aromatic carbocycles. The van der Waals surface area contributed by atoms with Crippen LogP contribution in [-0.4, -0.2) is 46.2 Å². The predicted octanol–water partition coefficient (Wildman–Crippen LogP) is 3.47. The third-order valence-electron chi connectivity index (χ3n) is 8.19. The number of aliphatic hydroxyl groups excluding tert-OH is 1. The van der Waals surface area contributed by atoms with Crippen molar-refractivity contribution in [1.82, 2.24) is 0 Å². The van der Waals surface area contributed by atoms with Crippen LogP contribution in [0, 0.1) is 23.7 Å². The van der Waals surface area contributed by atoms with Crippen LogP contribution in [-0.2, 0) is 19.0 Å². The molecule has 5 heteroatoms. The second-order valence-corrected chi connectivity index (χ2v) is 10.5. The summed E-state index contributed by atoms with van der Waals surface area (Å²) in [6.07, 6.45) is 3.60. The zero-order valence-electron chi connectivity index (χ0n) is 17.7. The lowest BCUT2D eigenvalue weighted by molar-refractivity contribution is -0.251. The highest BCUT2D eigenvalue weighted by molar-refractivity contribution is 5.66. The van der Waals surface area contributed by atoms with Gasteiger partial charge in [-0.2, -0.15) is 0 Å². The summed E-state index contributed by atoms with van der Waals surface area (Å²) in [5, 5.41) is 10.7. The predicted molar refractivity (Wildman–Crippen MR) is 101 cm³/mol. The van der Waals surface area contributed by atoms with Gasteiger partial charge in [-0.1, -0.05) is 13.8 Å². The van der Waals surface area contributed by atoms with E-state index in [0.29, 0.717) is 24.2 Å². The summed E-state index contributed by atoms with van der Waals surface area (Å²) in [4.78, 5) is 11.9. The third-order valence-corrected chi connectivity index (χ3v) is 8.19. The minimum absolute atomic E-state index is 0.00981. The zero-order chi connectivity index (χ0) is 19.8. The summed E-state index contributed by atoms with van der Waals surface area (Å²) in [6, 6.07) is 0. The van der Waals surface area contributed by atoms with Crippen LogP contribution >= 0.6 is 0 Å². The van der Waals surface area contributed by atoms with Crippen molar-refractivity contribution in [2.24, 2.45) is 23.7 Å². The van der Waals surface area contributed by atoms with Crippen molar-refractivity contribution >= 4 is 5.97 Å². The molecule has 3 saturated heterocycles. The molecule has 4 rings (SSSR count). The number of hydrogen-bond donors (Lipinski definition) is 1. The van der Waals surface area contributed by atoms with Gasteiger partial charge in [0, 0.05) is 25.2 Å². The van der Waals surface area contributed by atoms with Crippen molar-refractivity contribution in [3.05, 3.63) is 0 Å². The van der Waals surface area contributed by atoms with Gasteiger partial charge in [0.25, 0.3) is 0 Å². The Morgan fingerprint density at radius 2 is 1.85 bits per heavy atom. The van der Waals surface area contributed by atoms with Crippen molar-refractivity contribution in [2.45, 2.75) is 109 Å². The number of carbonyl (C=O) groups excluding carboxylic acids is 1. The summed E-state index contributed by atoms with van der Waals surface area (Å²) < 4.78 is 19.3. The molecule has 0 amide bonds. The molecule has 0 spiro atoms.